The van der Waals surface area contributed by atoms with E-state index in [0.29, 0.717) is 12.5 Å². The Morgan fingerprint density at radius 1 is 1.41 bits per heavy atom. The molecular weight excluding hydrogens is 278 g/mol. The molecule has 1 aliphatic rings. The van der Waals surface area contributed by atoms with E-state index in [1.54, 1.807) is 0 Å². The molecule has 1 saturated carbocycles. The molecular formula is C13H14BrN3. The molecule has 3 N–H and O–H groups in total. The minimum atomic E-state index is 0.535. The Hall–Kier alpha value is -1.13. The normalized spacial score (nSPS) is 15.2. The number of aromatic amines is 1. The van der Waals surface area contributed by atoms with Crippen LogP contribution in [0.15, 0.2) is 28.7 Å². The zero-order chi connectivity index (χ0) is 11.8. The molecule has 2 aromatic rings. The lowest BCUT2D eigenvalue weighted by molar-refractivity contribution is 0.944. The number of H-pyrrole nitrogens is 1. The van der Waals surface area contributed by atoms with Gasteiger partial charge in [0.25, 0.3) is 0 Å². The lowest BCUT2D eigenvalue weighted by atomic mass is 10.2. The summed E-state index contributed by atoms with van der Waals surface area (Å²) in [6.07, 6.45) is 2.49. The van der Waals surface area contributed by atoms with Crippen LogP contribution in [0.5, 0.6) is 0 Å². The second-order valence-electron chi connectivity index (χ2n) is 4.44. The van der Waals surface area contributed by atoms with E-state index in [4.69, 9.17) is 10.7 Å². The van der Waals surface area contributed by atoms with E-state index in [0.717, 1.165) is 21.6 Å². The summed E-state index contributed by atoms with van der Waals surface area (Å²) in [5, 5.41) is 0. The molecule has 1 aromatic heterocycles. The molecule has 0 amide bonds. The van der Waals surface area contributed by atoms with Crippen molar-refractivity contribution in [2.75, 3.05) is 0 Å². The van der Waals surface area contributed by atoms with Gasteiger partial charge in [-0.25, -0.2) is 4.98 Å². The number of nitrogens with two attached hydrogens (primary N) is 1. The summed E-state index contributed by atoms with van der Waals surface area (Å²) in [5.41, 5.74) is 9.11. The number of benzene rings is 1. The van der Waals surface area contributed by atoms with Gasteiger partial charge in [0, 0.05) is 22.5 Å². The van der Waals surface area contributed by atoms with E-state index < -0.39 is 0 Å². The number of aromatic nitrogens is 2. The van der Waals surface area contributed by atoms with E-state index in [9.17, 15) is 0 Å². The number of nitrogens with one attached hydrogen (secondary N) is 1. The molecule has 0 bridgehead atoms. The Kier molecular flexibility index (Phi) is 2.76. The topological polar surface area (TPSA) is 54.7 Å². The molecule has 0 atom stereocenters. The molecule has 1 aliphatic carbocycles. The van der Waals surface area contributed by atoms with Crippen LogP contribution >= 0.6 is 15.9 Å². The van der Waals surface area contributed by atoms with Crippen LogP contribution in [0.1, 0.15) is 30.1 Å². The summed E-state index contributed by atoms with van der Waals surface area (Å²) in [4.78, 5) is 8.04. The SMILES string of the molecule is NCc1[nH]c(-c2cccc(Br)c2)nc1C1CC1. The minimum Gasteiger partial charge on any atom is -0.341 e. The van der Waals surface area contributed by atoms with Crippen molar-refractivity contribution in [1.29, 1.82) is 0 Å². The zero-order valence-corrected chi connectivity index (χ0v) is 11.0. The molecule has 0 unspecified atom stereocenters. The Morgan fingerprint density at radius 2 is 2.24 bits per heavy atom. The van der Waals surface area contributed by atoms with Gasteiger partial charge in [-0.2, -0.15) is 0 Å². The van der Waals surface area contributed by atoms with E-state index in [2.05, 4.69) is 33.0 Å². The zero-order valence-electron chi connectivity index (χ0n) is 9.41. The van der Waals surface area contributed by atoms with Crippen LogP contribution in [0.25, 0.3) is 11.4 Å². The number of imidazole rings is 1. The summed E-state index contributed by atoms with van der Waals surface area (Å²) >= 11 is 3.48. The highest BCUT2D eigenvalue weighted by Gasteiger charge is 2.29. The van der Waals surface area contributed by atoms with Crippen molar-refractivity contribution in [1.82, 2.24) is 9.97 Å². The Bertz CT molecular complexity index is 543. The van der Waals surface area contributed by atoms with Gasteiger partial charge in [0.05, 0.1) is 11.4 Å². The predicted octanol–water partition coefficient (Wildman–Crippen LogP) is 3.18. The highest BCUT2D eigenvalue weighted by molar-refractivity contribution is 9.10. The quantitative estimate of drug-likeness (QED) is 0.913. The van der Waals surface area contributed by atoms with Gasteiger partial charge in [-0.15, -0.1) is 0 Å². The third-order valence-electron chi connectivity index (χ3n) is 3.08. The van der Waals surface area contributed by atoms with Crippen LogP contribution in [-0.2, 0) is 6.54 Å². The van der Waals surface area contributed by atoms with Crippen molar-refractivity contribution >= 4 is 15.9 Å². The molecule has 0 spiro atoms. The molecule has 0 aliphatic heterocycles. The molecule has 3 rings (SSSR count). The molecule has 1 heterocycles. The number of hydrogen-bond donors (Lipinski definition) is 2. The van der Waals surface area contributed by atoms with Crippen LogP contribution in [0.3, 0.4) is 0 Å². The monoisotopic (exact) mass is 291 g/mol. The summed E-state index contributed by atoms with van der Waals surface area (Å²) in [7, 11) is 0. The van der Waals surface area contributed by atoms with Gasteiger partial charge < -0.3 is 10.7 Å². The first-order valence-corrected chi connectivity index (χ1v) is 6.62. The van der Waals surface area contributed by atoms with Crippen molar-refractivity contribution in [3.8, 4) is 11.4 Å². The van der Waals surface area contributed by atoms with E-state index in [-0.39, 0.29) is 0 Å². The first-order valence-electron chi connectivity index (χ1n) is 5.82. The van der Waals surface area contributed by atoms with Gasteiger partial charge in [0.2, 0.25) is 0 Å². The van der Waals surface area contributed by atoms with Gasteiger partial charge in [-0.3, -0.25) is 0 Å². The fraction of sp³-hybridized carbons (Fsp3) is 0.308. The largest absolute Gasteiger partial charge is 0.341 e. The molecule has 1 fully saturated rings. The molecule has 0 saturated heterocycles. The maximum atomic E-state index is 5.76. The van der Waals surface area contributed by atoms with Gasteiger partial charge >= 0.3 is 0 Å². The van der Waals surface area contributed by atoms with Crippen LogP contribution < -0.4 is 5.73 Å². The van der Waals surface area contributed by atoms with Crippen LogP contribution in [0.2, 0.25) is 0 Å². The standard InChI is InChI=1S/C13H14BrN3/c14-10-3-1-2-9(6-10)13-16-11(7-15)12(17-13)8-4-5-8/h1-3,6,8H,4-5,7,15H2,(H,16,17). The van der Waals surface area contributed by atoms with Crippen LogP contribution in [0, 0.1) is 0 Å². The second-order valence-corrected chi connectivity index (χ2v) is 5.35. The molecule has 88 valence electrons. The molecule has 1 aromatic carbocycles. The minimum absolute atomic E-state index is 0.535. The van der Waals surface area contributed by atoms with Gasteiger partial charge in [-0.05, 0) is 25.0 Å². The van der Waals surface area contributed by atoms with Crippen molar-refractivity contribution in [2.45, 2.75) is 25.3 Å². The maximum Gasteiger partial charge on any atom is 0.137 e. The number of rotatable bonds is 3. The molecule has 17 heavy (non-hydrogen) atoms. The number of halogens is 1. The van der Waals surface area contributed by atoms with E-state index in [1.165, 1.54) is 18.5 Å². The van der Waals surface area contributed by atoms with Crippen LogP contribution in [0.4, 0.5) is 0 Å². The lowest BCUT2D eigenvalue weighted by Crippen LogP contribution is -1.99. The van der Waals surface area contributed by atoms with Crippen molar-refractivity contribution in [3.05, 3.63) is 40.1 Å². The van der Waals surface area contributed by atoms with E-state index >= 15 is 0 Å². The van der Waals surface area contributed by atoms with Crippen molar-refractivity contribution < 1.29 is 0 Å². The van der Waals surface area contributed by atoms with Crippen LogP contribution in [-0.4, -0.2) is 9.97 Å². The van der Waals surface area contributed by atoms with E-state index in [1.807, 2.05) is 12.1 Å². The maximum absolute atomic E-state index is 5.76. The van der Waals surface area contributed by atoms with Crippen molar-refractivity contribution in [3.63, 3.8) is 0 Å². The highest BCUT2D eigenvalue weighted by atomic mass is 79.9. The Labute approximate surface area is 109 Å². The number of hydrogen-bond acceptors (Lipinski definition) is 2. The average Bonchev–Trinajstić information content (AvgIpc) is 3.08. The van der Waals surface area contributed by atoms with Gasteiger partial charge in [-0.1, -0.05) is 28.1 Å². The highest BCUT2D eigenvalue weighted by Crippen LogP contribution is 2.41. The third kappa shape index (κ3) is 2.15. The third-order valence-corrected chi connectivity index (χ3v) is 3.57. The summed E-state index contributed by atoms with van der Waals surface area (Å²) in [5.74, 6) is 1.55. The van der Waals surface area contributed by atoms with Gasteiger partial charge in [0.1, 0.15) is 5.82 Å². The fourth-order valence-electron chi connectivity index (χ4n) is 2.05. The van der Waals surface area contributed by atoms with Crippen molar-refractivity contribution in [2.24, 2.45) is 5.73 Å². The molecule has 4 heteroatoms. The smallest absolute Gasteiger partial charge is 0.137 e. The summed E-state index contributed by atoms with van der Waals surface area (Å²) in [6, 6.07) is 8.15. The average molecular weight is 292 g/mol. The Balaban J connectivity index is 2.03. The first kappa shape index (κ1) is 11.0. The summed E-state index contributed by atoms with van der Waals surface area (Å²) < 4.78 is 1.06. The number of nitrogens with zero attached hydrogens (tertiary/aromatic N) is 1. The van der Waals surface area contributed by atoms with Gasteiger partial charge in [0.15, 0.2) is 0 Å². The lowest BCUT2D eigenvalue weighted by Gasteiger charge is -1.96. The molecule has 0 radical (unpaired) electrons. The fourth-order valence-corrected chi connectivity index (χ4v) is 2.44. The first-order chi connectivity index (χ1) is 8.28. The second kappa shape index (κ2) is 4.27. The molecule has 3 nitrogen and oxygen atoms in total. The Morgan fingerprint density at radius 3 is 2.88 bits per heavy atom. The summed E-state index contributed by atoms with van der Waals surface area (Å²) in [6.45, 7) is 0.535. The predicted molar refractivity (Wildman–Crippen MR) is 71.6 cm³/mol.